The minimum atomic E-state index is -0.822. The Kier molecular flexibility index (Phi) is 66.7. The number of carbonyl (C=O) groups excluding carboxylic acids is 3. The second-order valence-corrected chi connectivity index (χ2v) is 23.0. The Morgan fingerprint density at radius 2 is 0.518 bits per heavy atom. The monoisotopic (exact) mass is 1150 g/mol. The molecule has 83 heavy (non-hydrogen) atoms. The third kappa shape index (κ3) is 68.5. The quantitative estimate of drug-likeness (QED) is 0.0261. The number of esters is 3. The van der Waals surface area contributed by atoms with Crippen molar-refractivity contribution in [1.29, 1.82) is 0 Å². The topological polar surface area (TPSA) is 78.9 Å². The van der Waals surface area contributed by atoms with Gasteiger partial charge in [-0.3, -0.25) is 14.4 Å². The minimum absolute atomic E-state index is 0.108. The van der Waals surface area contributed by atoms with E-state index in [1.807, 2.05) is 6.08 Å². The van der Waals surface area contributed by atoms with Crippen LogP contribution in [0.5, 0.6) is 0 Å². The molecule has 0 aliphatic rings. The van der Waals surface area contributed by atoms with Gasteiger partial charge in [-0.25, -0.2) is 0 Å². The zero-order valence-corrected chi connectivity index (χ0v) is 54.4. The van der Waals surface area contributed by atoms with Crippen LogP contribution in [-0.4, -0.2) is 37.2 Å². The number of hydrogen-bond donors (Lipinski definition) is 0. The second-order valence-electron chi connectivity index (χ2n) is 23.0. The molecule has 0 aromatic carbocycles. The first-order chi connectivity index (χ1) is 41.0. The van der Waals surface area contributed by atoms with Crippen molar-refractivity contribution in [3.63, 3.8) is 0 Å². The summed E-state index contributed by atoms with van der Waals surface area (Å²) in [6.45, 7) is 6.35. The van der Waals surface area contributed by atoms with Crippen LogP contribution in [0.15, 0.2) is 122 Å². The predicted octanol–water partition coefficient (Wildman–Crippen LogP) is 24.3. The highest BCUT2D eigenvalue weighted by Crippen LogP contribution is 2.17. The molecule has 0 saturated carbocycles. The summed E-state index contributed by atoms with van der Waals surface area (Å²) in [6, 6.07) is 0. The van der Waals surface area contributed by atoms with Crippen molar-refractivity contribution in [3.8, 4) is 0 Å². The number of unbranched alkanes of at least 4 members (excludes halogenated alkanes) is 33. The molecule has 0 aliphatic carbocycles. The molecule has 1 atom stereocenters. The van der Waals surface area contributed by atoms with Gasteiger partial charge in [0.1, 0.15) is 13.2 Å². The fourth-order valence-corrected chi connectivity index (χ4v) is 9.80. The van der Waals surface area contributed by atoms with E-state index in [4.69, 9.17) is 14.2 Å². The van der Waals surface area contributed by atoms with Gasteiger partial charge in [0.25, 0.3) is 0 Å². The summed E-state index contributed by atoms with van der Waals surface area (Å²) in [6.07, 6.45) is 98.4. The third-order valence-corrected chi connectivity index (χ3v) is 15.0. The number of ether oxygens (including phenoxy) is 3. The fourth-order valence-electron chi connectivity index (χ4n) is 9.80. The molecule has 0 spiro atoms. The first kappa shape index (κ1) is 78.8. The minimum Gasteiger partial charge on any atom is -0.462 e. The van der Waals surface area contributed by atoms with Crippen molar-refractivity contribution in [2.24, 2.45) is 0 Å². The molecule has 0 amide bonds. The van der Waals surface area contributed by atoms with Crippen LogP contribution in [0.2, 0.25) is 0 Å². The molecule has 0 aromatic rings. The zero-order valence-electron chi connectivity index (χ0n) is 54.4. The van der Waals surface area contributed by atoms with Gasteiger partial charge < -0.3 is 14.2 Å². The van der Waals surface area contributed by atoms with Crippen molar-refractivity contribution < 1.29 is 28.6 Å². The first-order valence-electron chi connectivity index (χ1n) is 35.0. The molecule has 0 rings (SSSR count). The van der Waals surface area contributed by atoms with Crippen molar-refractivity contribution in [2.45, 2.75) is 335 Å². The average Bonchev–Trinajstić information content (AvgIpc) is 3.49. The van der Waals surface area contributed by atoms with E-state index in [1.165, 1.54) is 193 Å². The standard InChI is InChI=1S/C77H130O6/c1-4-7-10-13-16-19-22-25-28-30-31-32-33-34-35-36-37-38-39-40-41-42-43-44-45-47-49-52-55-58-61-64-67-70-76(79)82-73-74(72-81-75(78)69-66-63-60-57-54-51-48-27-24-21-18-15-12-9-6-3)83-77(80)71-68-65-62-59-56-53-50-46-29-26-23-20-17-14-11-8-5-2/h7,9-10,12,16,18-19,21,25-29,31-32,48,54,57,63,66,74H,4-6,8,11,13-15,17,20,22-24,30,33-47,49-53,55-56,58-62,64-65,67-73H2,1-3H3/b10-7-,12-9-,19-16-,21-18-,28-25-,29-26-,32-31-,48-27-,57-54-,66-63-. The van der Waals surface area contributed by atoms with Gasteiger partial charge in [-0.15, -0.1) is 0 Å². The van der Waals surface area contributed by atoms with Crippen molar-refractivity contribution in [3.05, 3.63) is 122 Å². The van der Waals surface area contributed by atoms with Gasteiger partial charge in [0.2, 0.25) is 0 Å². The van der Waals surface area contributed by atoms with E-state index in [1.54, 1.807) is 6.08 Å². The van der Waals surface area contributed by atoms with Gasteiger partial charge in [0.15, 0.2) is 6.10 Å². The van der Waals surface area contributed by atoms with Gasteiger partial charge in [0.05, 0.1) is 6.42 Å². The average molecular weight is 1150 g/mol. The van der Waals surface area contributed by atoms with Gasteiger partial charge in [-0.05, 0) is 109 Å². The summed E-state index contributed by atoms with van der Waals surface area (Å²) in [7, 11) is 0. The van der Waals surface area contributed by atoms with Crippen LogP contribution >= 0.6 is 0 Å². The molecule has 0 bridgehead atoms. The fraction of sp³-hybridized carbons (Fsp3) is 0.701. The summed E-state index contributed by atoms with van der Waals surface area (Å²) in [5.41, 5.74) is 0. The molecule has 0 aliphatic heterocycles. The highest BCUT2D eigenvalue weighted by molar-refractivity contribution is 5.72. The Morgan fingerprint density at radius 3 is 0.855 bits per heavy atom. The Hall–Kier alpha value is -4.19. The lowest BCUT2D eigenvalue weighted by atomic mass is 10.0. The number of rotatable bonds is 63. The van der Waals surface area contributed by atoms with E-state index in [2.05, 4.69) is 130 Å². The number of allylic oxidation sites excluding steroid dienone is 19. The second kappa shape index (κ2) is 70.3. The molecule has 6 heteroatoms. The van der Waals surface area contributed by atoms with Crippen molar-refractivity contribution >= 4 is 17.9 Å². The lowest BCUT2D eigenvalue weighted by molar-refractivity contribution is -0.166. The predicted molar refractivity (Wildman–Crippen MR) is 362 cm³/mol. The van der Waals surface area contributed by atoms with Crippen LogP contribution in [-0.2, 0) is 28.6 Å². The molecule has 6 nitrogen and oxygen atoms in total. The van der Waals surface area contributed by atoms with Crippen molar-refractivity contribution in [2.75, 3.05) is 13.2 Å². The van der Waals surface area contributed by atoms with Crippen LogP contribution in [0.25, 0.3) is 0 Å². The summed E-state index contributed by atoms with van der Waals surface area (Å²) in [5.74, 6) is -1.04. The van der Waals surface area contributed by atoms with E-state index in [0.29, 0.717) is 12.8 Å². The molecule has 0 saturated heterocycles. The lowest BCUT2D eigenvalue weighted by Crippen LogP contribution is -2.30. The first-order valence-corrected chi connectivity index (χ1v) is 35.0. The highest BCUT2D eigenvalue weighted by Gasteiger charge is 2.19. The summed E-state index contributed by atoms with van der Waals surface area (Å²) in [4.78, 5) is 38.3. The van der Waals surface area contributed by atoms with Gasteiger partial charge in [-0.1, -0.05) is 322 Å². The normalized spacial score (nSPS) is 12.9. The smallest absolute Gasteiger partial charge is 0.309 e. The SMILES string of the molecule is CC/C=C\C/C=C\C/C=C\C/C=C\C/C=C\CC(=O)OCC(COC(=O)CCCCCCCCCCCCCCCCCCCCCC/C=C\C/C=C\C/C=C\C/C=C\CC)OC(=O)CCCCCCCCC/C=C\CCCCCCCC. The molecule has 0 radical (unpaired) electrons. The van der Waals surface area contributed by atoms with Crippen LogP contribution in [0.3, 0.4) is 0 Å². The summed E-state index contributed by atoms with van der Waals surface area (Å²) < 4.78 is 16.8. The molecule has 0 aromatic heterocycles. The molecule has 1 unspecified atom stereocenters. The third-order valence-electron chi connectivity index (χ3n) is 15.0. The van der Waals surface area contributed by atoms with Crippen LogP contribution in [0, 0.1) is 0 Å². The molecular weight excluding hydrogens is 1020 g/mol. The Labute approximate surface area is 513 Å². The van der Waals surface area contributed by atoms with E-state index in [9.17, 15) is 14.4 Å². The molecule has 474 valence electrons. The number of carbonyl (C=O) groups is 3. The molecular formula is C77H130O6. The Balaban J connectivity index is 4.24. The maximum Gasteiger partial charge on any atom is 0.309 e. The van der Waals surface area contributed by atoms with Gasteiger partial charge in [-0.2, -0.15) is 0 Å². The largest absolute Gasteiger partial charge is 0.462 e. The van der Waals surface area contributed by atoms with Gasteiger partial charge in [0, 0.05) is 12.8 Å². The Bertz CT molecular complexity index is 1700. The zero-order chi connectivity index (χ0) is 59.9. The number of hydrogen-bond acceptors (Lipinski definition) is 6. The van der Waals surface area contributed by atoms with Crippen molar-refractivity contribution in [1.82, 2.24) is 0 Å². The maximum absolute atomic E-state index is 12.9. The summed E-state index contributed by atoms with van der Waals surface area (Å²) >= 11 is 0. The molecule has 0 heterocycles. The lowest BCUT2D eigenvalue weighted by Gasteiger charge is -2.18. The molecule has 0 N–H and O–H groups in total. The van der Waals surface area contributed by atoms with E-state index in [-0.39, 0.29) is 31.6 Å². The Morgan fingerprint density at radius 1 is 0.265 bits per heavy atom. The molecule has 0 fully saturated rings. The van der Waals surface area contributed by atoms with Crippen LogP contribution in [0.4, 0.5) is 0 Å². The summed E-state index contributed by atoms with van der Waals surface area (Å²) in [5, 5.41) is 0. The van der Waals surface area contributed by atoms with Gasteiger partial charge >= 0.3 is 17.9 Å². The van der Waals surface area contributed by atoms with E-state index in [0.717, 1.165) is 96.3 Å². The maximum atomic E-state index is 12.9. The van der Waals surface area contributed by atoms with Crippen LogP contribution in [0.1, 0.15) is 329 Å². The van der Waals surface area contributed by atoms with Crippen LogP contribution < -0.4 is 0 Å². The van der Waals surface area contributed by atoms with E-state index >= 15 is 0 Å². The van der Waals surface area contributed by atoms with E-state index < -0.39 is 12.1 Å². The highest BCUT2D eigenvalue weighted by atomic mass is 16.6.